The van der Waals surface area contributed by atoms with Crippen molar-refractivity contribution in [2.24, 2.45) is 5.92 Å². The monoisotopic (exact) mass is 327 g/mol. The summed E-state index contributed by atoms with van der Waals surface area (Å²) in [5.74, 6) is 0.564. The predicted molar refractivity (Wildman–Crippen MR) is 91.8 cm³/mol. The van der Waals surface area contributed by atoms with E-state index < -0.39 is 0 Å². The average molecular weight is 327 g/mol. The first-order chi connectivity index (χ1) is 11.7. The minimum absolute atomic E-state index is 0.0972. The second-order valence-electron chi connectivity index (χ2n) is 7.21. The van der Waals surface area contributed by atoms with Crippen LogP contribution >= 0.6 is 0 Å². The highest BCUT2D eigenvalue weighted by molar-refractivity contribution is 5.13. The molecule has 2 aromatic heterocycles. The van der Waals surface area contributed by atoms with E-state index in [-0.39, 0.29) is 5.56 Å². The number of likely N-dealkylation sites (tertiary alicyclic amines) is 1. The fraction of sp³-hybridized carbons (Fsp3) is 0.611. The van der Waals surface area contributed by atoms with Gasteiger partial charge in [-0.3, -0.25) is 18.9 Å². The highest BCUT2D eigenvalue weighted by Crippen LogP contribution is 2.21. The van der Waals surface area contributed by atoms with Gasteiger partial charge < -0.3 is 0 Å². The standard InChI is InChI=1S/C18H25N5O/c1-14-10-19-13-22(18(14)24)11-15-4-7-21(8-5-15)12-16-9-17-3-2-6-23(17)20-16/h9-10,13,15H,2-8,11-12H2,1H3. The molecular weight excluding hydrogens is 302 g/mol. The second-order valence-corrected chi connectivity index (χ2v) is 7.21. The van der Waals surface area contributed by atoms with E-state index in [1.165, 1.54) is 24.2 Å². The van der Waals surface area contributed by atoms with Crippen LogP contribution in [0.4, 0.5) is 0 Å². The molecule has 0 saturated carbocycles. The molecule has 24 heavy (non-hydrogen) atoms. The van der Waals surface area contributed by atoms with Crippen LogP contribution in [0.1, 0.15) is 36.2 Å². The largest absolute Gasteiger partial charge is 0.299 e. The average Bonchev–Trinajstić information content (AvgIpc) is 3.15. The van der Waals surface area contributed by atoms with E-state index in [0.717, 1.165) is 51.1 Å². The zero-order valence-corrected chi connectivity index (χ0v) is 14.3. The number of aromatic nitrogens is 4. The molecule has 4 rings (SSSR count). The third kappa shape index (κ3) is 3.15. The molecule has 1 saturated heterocycles. The molecule has 6 nitrogen and oxygen atoms in total. The lowest BCUT2D eigenvalue weighted by molar-refractivity contribution is 0.164. The Morgan fingerprint density at radius 2 is 2.08 bits per heavy atom. The van der Waals surface area contributed by atoms with Crippen molar-refractivity contribution in [3.63, 3.8) is 0 Å². The van der Waals surface area contributed by atoms with E-state index >= 15 is 0 Å². The molecule has 0 atom stereocenters. The van der Waals surface area contributed by atoms with E-state index in [9.17, 15) is 4.79 Å². The molecule has 2 aliphatic heterocycles. The van der Waals surface area contributed by atoms with Crippen molar-refractivity contribution in [2.75, 3.05) is 13.1 Å². The van der Waals surface area contributed by atoms with Gasteiger partial charge in [-0.15, -0.1) is 0 Å². The van der Waals surface area contributed by atoms with Crippen molar-refractivity contribution >= 4 is 0 Å². The van der Waals surface area contributed by atoms with Gasteiger partial charge in [-0.2, -0.15) is 5.10 Å². The van der Waals surface area contributed by atoms with E-state index in [2.05, 4.69) is 20.6 Å². The molecule has 0 aromatic carbocycles. The van der Waals surface area contributed by atoms with Gasteiger partial charge in [0.05, 0.1) is 12.0 Å². The maximum Gasteiger partial charge on any atom is 0.256 e. The van der Waals surface area contributed by atoms with E-state index in [1.54, 1.807) is 17.1 Å². The van der Waals surface area contributed by atoms with Crippen LogP contribution < -0.4 is 5.56 Å². The summed E-state index contributed by atoms with van der Waals surface area (Å²) in [6.07, 6.45) is 8.00. The molecular formula is C18H25N5O. The Balaban J connectivity index is 1.31. The summed E-state index contributed by atoms with van der Waals surface area (Å²) in [6.45, 7) is 6.83. The van der Waals surface area contributed by atoms with Gasteiger partial charge >= 0.3 is 0 Å². The minimum atomic E-state index is 0.0972. The van der Waals surface area contributed by atoms with Crippen molar-refractivity contribution in [2.45, 2.75) is 52.2 Å². The van der Waals surface area contributed by atoms with Crippen molar-refractivity contribution < 1.29 is 0 Å². The quantitative estimate of drug-likeness (QED) is 0.856. The van der Waals surface area contributed by atoms with Crippen molar-refractivity contribution in [3.05, 3.63) is 45.9 Å². The predicted octanol–water partition coefficient (Wildman–Crippen LogP) is 1.61. The Bertz CT molecular complexity index is 748. The molecule has 4 heterocycles. The molecule has 2 aliphatic rings. The van der Waals surface area contributed by atoms with E-state index in [4.69, 9.17) is 5.10 Å². The van der Waals surface area contributed by atoms with Crippen molar-refractivity contribution in [3.8, 4) is 0 Å². The molecule has 1 fully saturated rings. The number of piperidine rings is 1. The number of aryl methyl sites for hydroxylation is 3. The van der Waals surface area contributed by atoms with Gasteiger partial charge in [-0.1, -0.05) is 0 Å². The lowest BCUT2D eigenvalue weighted by Crippen LogP contribution is -2.36. The SMILES string of the molecule is Cc1cncn(CC2CCN(Cc3cc4n(n3)CCC4)CC2)c1=O. The fourth-order valence-electron chi connectivity index (χ4n) is 3.92. The molecule has 0 unspecified atom stereocenters. The number of rotatable bonds is 4. The Morgan fingerprint density at radius 3 is 2.88 bits per heavy atom. The first-order valence-corrected chi connectivity index (χ1v) is 8.98. The van der Waals surface area contributed by atoms with Gasteiger partial charge in [0.2, 0.25) is 0 Å². The normalized spacial score (nSPS) is 18.9. The van der Waals surface area contributed by atoms with Crippen molar-refractivity contribution in [1.29, 1.82) is 0 Å². The van der Waals surface area contributed by atoms with Gasteiger partial charge in [0, 0.05) is 37.1 Å². The third-order valence-electron chi connectivity index (χ3n) is 5.34. The van der Waals surface area contributed by atoms with E-state index in [0.29, 0.717) is 5.92 Å². The Morgan fingerprint density at radius 1 is 1.25 bits per heavy atom. The smallest absolute Gasteiger partial charge is 0.256 e. The molecule has 6 heteroatoms. The van der Waals surface area contributed by atoms with Crippen LogP contribution in [-0.4, -0.2) is 37.3 Å². The number of hydrogen-bond donors (Lipinski definition) is 0. The van der Waals surface area contributed by atoms with Gasteiger partial charge in [-0.25, -0.2) is 4.98 Å². The Hall–Kier alpha value is -1.95. The van der Waals surface area contributed by atoms with Gasteiger partial charge in [0.1, 0.15) is 0 Å². The number of hydrogen-bond acceptors (Lipinski definition) is 4. The van der Waals surface area contributed by atoms with Crippen LogP contribution in [0.3, 0.4) is 0 Å². The highest BCUT2D eigenvalue weighted by Gasteiger charge is 2.22. The van der Waals surface area contributed by atoms with Crippen molar-refractivity contribution in [1.82, 2.24) is 24.2 Å². The Labute approximate surface area is 142 Å². The maximum atomic E-state index is 12.1. The number of nitrogens with zero attached hydrogens (tertiary/aromatic N) is 5. The summed E-state index contributed by atoms with van der Waals surface area (Å²) in [4.78, 5) is 18.8. The van der Waals surface area contributed by atoms with Crippen LogP contribution in [0.2, 0.25) is 0 Å². The van der Waals surface area contributed by atoms with Crippen LogP contribution in [0.15, 0.2) is 23.4 Å². The van der Waals surface area contributed by atoms with Gasteiger partial charge in [0.15, 0.2) is 0 Å². The van der Waals surface area contributed by atoms with Gasteiger partial charge in [-0.05, 0) is 57.7 Å². The van der Waals surface area contributed by atoms with Gasteiger partial charge in [0.25, 0.3) is 5.56 Å². The fourth-order valence-corrected chi connectivity index (χ4v) is 3.92. The topological polar surface area (TPSA) is 56.0 Å². The molecule has 128 valence electrons. The molecule has 0 radical (unpaired) electrons. The molecule has 0 aliphatic carbocycles. The Kier molecular flexibility index (Phi) is 4.22. The lowest BCUT2D eigenvalue weighted by Gasteiger charge is -2.31. The van der Waals surface area contributed by atoms with Crippen LogP contribution in [-0.2, 0) is 26.1 Å². The zero-order chi connectivity index (χ0) is 16.5. The summed E-state index contributed by atoms with van der Waals surface area (Å²) in [5.41, 5.74) is 3.43. The second kappa shape index (κ2) is 6.51. The first kappa shape index (κ1) is 15.6. The highest BCUT2D eigenvalue weighted by atomic mass is 16.1. The van der Waals surface area contributed by atoms with Crippen LogP contribution in [0, 0.1) is 12.8 Å². The van der Waals surface area contributed by atoms with E-state index in [1.807, 2.05) is 6.92 Å². The first-order valence-electron chi connectivity index (χ1n) is 8.98. The zero-order valence-electron chi connectivity index (χ0n) is 14.3. The summed E-state index contributed by atoms with van der Waals surface area (Å²) < 4.78 is 3.94. The van der Waals surface area contributed by atoms with Crippen LogP contribution in [0.25, 0.3) is 0 Å². The molecule has 0 spiro atoms. The summed E-state index contributed by atoms with van der Waals surface area (Å²) in [5, 5.41) is 4.71. The molecule has 0 bridgehead atoms. The maximum absolute atomic E-state index is 12.1. The van der Waals surface area contributed by atoms with Crippen LogP contribution in [0.5, 0.6) is 0 Å². The summed E-state index contributed by atoms with van der Waals surface area (Å²) >= 11 is 0. The third-order valence-corrected chi connectivity index (χ3v) is 5.34. The lowest BCUT2D eigenvalue weighted by atomic mass is 9.96. The molecule has 2 aromatic rings. The summed E-state index contributed by atoms with van der Waals surface area (Å²) in [7, 11) is 0. The summed E-state index contributed by atoms with van der Waals surface area (Å²) in [6, 6.07) is 2.27. The molecule has 0 N–H and O–H groups in total. The molecule has 0 amide bonds. The number of fused-ring (bicyclic) bond motifs is 1. The minimum Gasteiger partial charge on any atom is -0.299 e.